The first-order valence-corrected chi connectivity index (χ1v) is 7.65. The van der Waals surface area contributed by atoms with E-state index in [-0.39, 0.29) is 22.6 Å². The highest BCUT2D eigenvalue weighted by atomic mass is 32.1. The zero-order valence-electron chi connectivity index (χ0n) is 13.4. The maximum absolute atomic E-state index is 12.8. The fraction of sp³-hybridized carbons (Fsp3) is 0.357. The first-order valence-electron chi connectivity index (χ1n) is 6.83. The Hall–Kier alpha value is -2.49. The molecule has 0 saturated heterocycles. The third-order valence-corrected chi connectivity index (χ3v) is 3.99. The Labute approximate surface area is 140 Å². The van der Waals surface area contributed by atoms with Gasteiger partial charge in [-0.05, 0) is 19.9 Å². The molecule has 2 rings (SSSR count). The number of thiazole rings is 1. The molecule has 128 valence electrons. The summed E-state index contributed by atoms with van der Waals surface area (Å²) in [5.74, 6) is -0.861. The number of nitrogens with zero attached hydrogens (tertiary/aromatic N) is 4. The molecule has 10 heteroatoms. The highest BCUT2D eigenvalue weighted by Crippen LogP contribution is 2.24. The molecular formula is C14H15F2N5O2S. The second-order valence-electron chi connectivity index (χ2n) is 5.11. The number of nitrogens with one attached hydrogen (secondary N) is 1. The maximum Gasteiger partial charge on any atom is 0.280 e. The minimum absolute atomic E-state index is 0.0664. The van der Waals surface area contributed by atoms with E-state index in [0.717, 1.165) is 17.4 Å². The van der Waals surface area contributed by atoms with Gasteiger partial charge in [-0.2, -0.15) is 0 Å². The Kier molecular flexibility index (Phi) is 5.17. The summed E-state index contributed by atoms with van der Waals surface area (Å²) in [6, 6.07) is 0.930. The van der Waals surface area contributed by atoms with Crippen LogP contribution in [-0.4, -0.2) is 45.8 Å². The summed E-state index contributed by atoms with van der Waals surface area (Å²) >= 11 is 1.01. The number of alkyl halides is 2. The van der Waals surface area contributed by atoms with Gasteiger partial charge in [-0.3, -0.25) is 14.9 Å². The van der Waals surface area contributed by atoms with Gasteiger partial charge in [0.05, 0.1) is 5.69 Å². The van der Waals surface area contributed by atoms with Crippen molar-refractivity contribution in [2.45, 2.75) is 20.3 Å². The number of aromatic nitrogens is 3. The molecule has 2 aromatic rings. The Morgan fingerprint density at radius 1 is 1.21 bits per heavy atom. The van der Waals surface area contributed by atoms with Gasteiger partial charge < -0.3 is 4.90 Å². The minimum atomic E-state index is -2.80. The summed E-state index contributed by atoms with van der Waals surface area (Å²) < 4.78 is 25.5. The van der Waals surface area contributed by atoms with Gasteiger partial charge in [-0.25, -0.2) is 23.7 Å². The summed E-state index contributed by atoms with van der Waals surface area (Å²) in [4.78, 5) is 37.5. The average Bonchev–Trinajstić information content (AvgIpc) is 2.85. The predicted octanol–water partition coefficient (Wildman–Crippen LogP) is 2.44. The number of halogens is 2. The number of hydrogen-bond acceptors (Lipinski definition) is 6. The Morgan fingerprint density at radius 3 is 2.46 bits per heavy atom. The molecule has 0 atom stereocenters. The van der Waals surface area contributed by atoms with E-state index < -0.39 is 18.0 Å². The molecule has 0 radical (unpaired) electrons. The molecule has 0 unspecified atom stereocenters. The van der Waals surface area contributed by atoms with Gasteiger partial charge in [0, 0.05) is 14.1 Å². The highest BCUT2D eigenvalue weighted by Gasteiger charge is 2.20. The van der Waals surface area contributed by atoms with Gasteiger partial charge >= 0.3 is 0 Å². The van der Waals surface area contributed by atoms with E-state index in [2.05, 4.69) is 20.3 Å². The van der Waals surface area contributed by atoms with Crippen molar-refractivity contribution in [3.63, 3.8) is 0 Å². The zero-order chi connectivity index (χ0) is 18.0. The summed E-state index contributed by atoms with van der Waals surface area (Å²) in [5.41, 5.74) is -0.237. The Bertz CT molecular complexity index is 791. The molecule has 0 aliphatic carbocycles. The van der Waals surface area contributed by atoms with Crippen LogP contribution < -0.4 is 5.32 Å². The smallest absolute Gasteiger partial charge is 0.280 e. The van der Waals surface area contributed by atoms with Gasteiger partial charge in [0.1, 0.15) is 22.1 Å². The van der Waals surface area contributed by atoms with E-state index in [0.29, 0.717) is 10.6 Å². The molecule has 0 aromatic carbocycles. The number of amides is 2. The topological polar surface area (TPSA) is 88.1 Å². The van der Waals surface area contributed by atoms with Crippen molar-refractivity contribution >= 4 is 28.3 Å². The molecule has 0 aliphatic heterocycles. The number of hydrogen-bond donors (Lipinski definition) is 1. The fourth-order valence-corrected chi connectivity index (χ4v) is 2.81. The summed E-state index contributed by atoms with van der Waals surface area (Å²) in [5, 5.41) is 2.66. The summed E-state index contributed by atoms with van der Waals surface area (Å²) in [6.45, 7) is 3.07. The van der Waals surface area contributed by atoms with Crippen LogP contribution >= 0.6 is 11.3 Å². The summed E-state index contributed by atoms with van der Waals surface area (Å²) in [7, 11) is 3.21. The molecule has 7 nitrogen and oxygen atoms in total. The molecule has 1 N–H and O–H groups in total. The molecule has 2 amide bonds. The third-order valence-electron chi connectivity index (χ3n) is 2.93. The van der Waals surface area contributed by atoms with Crippen molar-refractivity contribution in [1.29, 1.82) is 0 Å². The Balaban J connectivity index is 2.25. The second-order valence-corrected chi connectivity index (χ2v) is 6.11. The van der Waals surface area contributed by atoms with Crippen LogP contribution in [0, 0.1) is 13.8 Å². The van der Waals surface area contributed by atoms with E-state index in [1.165, 1.54) is 11.8 Å². The van der Waals surface area contributed by atoms with Crippen molar-refractivity contribution < 1.29 is 18.4 Å². The van der Waals surface area contributed by atoms with E-state index in [9.17, 15) is 18.4 Å². The monoisotopic (exact) mass is 355 g/mol. The lowest BCUT2D eigenvalue weighted by atomic mass is 10.3. The number of carbonyl (C=O) groups excluding carboxylic acids is 2. The van der Waals surface area contributed by atoms with Crippen LogP contribution in [0.5, 0.6) is 0 Å². The quantitative estimate of drug-likeness (QED) is 0.910. The van der Waals surface area contributed by atoms with Crippen molar-refractivity contribution in [2.75, 3.05) is 19.4 Å². The fourth-order valence-electron chi connectivity index (χ4n) is 1.83. The lowest BCUT2D eigenvalue weighted by Crippen LogP contribution is -2.21. The van der Waals surface area contributed by atoms with Crippen molar-refractivity contribution in [2.24, 2.45) is 0 Å². The van der Waals surface area contributed by atoms with E-state index in [4.69, 9.17) is 0 Å². The number of aryl methyl sites for hydroxylation is 2. The van der Waals surface area contributed by atoms with E-state index in [1.54, 1.807) is 21.0 Å². The van der Waals surface area contributed by atoms with Crippen LogP contribution in [0.1, 0.15) is 43.8 Å². The van der Waals surface area contributed by atoms with Crippen molar-refractivity contribution in [3.8, 4) is 0 Å². The van der Waals surface area contributed by atoms with Gasteiger partial charge in [-0.1, -0.05) is 11.3 Å². The third kappa shape index (κ3) is 3.88. The van der Waals surface area contributed by atoms with Crippen LogP contribution in [-0.2, 0) is 0 Å². The molecule has 0 saturated carbocycles. The van der Waals surface area contributed by atoms with Crippen LogP contribution in [0.25, 0.3) is 0 Å². The second kappa shape index (κ2) is 6.95. The number of carbonyl (C=O) groups is 2. The van der Waals surface area contributed by atoms with Gasteiger partial charge in [0.25, 0.3) is 18.2 Å². The first kappa shape index (κ1) is 17.9. The predicted molar refractivity (Wildman–Crippen MR) is 84.5 cm³/mol. The minimum Gasteiger partial charge on any atom is -0.344 e. The first-order chi connectivity index (χ1) is 11.2. The largest absolute Gasteiger partial charge is 0.344 e. The van der Waals surface area contributed by atoms with Crippen molar-refractivity contribution in [1.82, 2.24) is 19.9 Å². The standard InChI is InChI=1S/C14H15F2N5O2S/c1-6-10(13(23)21(3)4)24-14(17-6)20-12(22)9-5-8(11(15)16)18-7(2)19-9/h5,11H,1-4H3,(H,17,20,22). The SMILES string of the molecule is Cc1nc(C(=O)Nc2nc(C)c(C(=O)N(C)C)s2)cc(C(F)F)n1. The highest BCUT2D eigenvalue weighted by molar-refractivity contribution is 7.17. The van der Waals surface area contributed by atoms with Gasteiger partial charge in [0.15, 0.2) is 5.13 Å². The lowest BCUT2D eigenvalue weighted by molar-refractivity contribution is 0.0831. The molecular weight excluding hydrogens is 340 g/mol. The molecule has 2 heterocycles. The van der Waals surface area contributed by atoms with E-state index in [1.807, 2.05) is 0 Å². The normalized spacial score (nSPS) is 10.8. The Morgan fingerprint density at radius 2 is 1.88 bits per heavy atom. The molecule has 0 bridgehead atoms. The van der Waals surface area contributed by atoms with Crippen LogP contribution in [0.15, 0.2) is 6.07 Å². The summed E-state index contributed by atoms with van der Waals surface area (Å²) in [6.07, 6.45) is -2.80. The maximum atomic E-state index is 12.8. The van der Waals surface area contributed by atoms with Crippen LogP contribution in [0.4, 0.5) is 13.9 Å². The zero-order valence-corrected chi connectivity index (χ0v) is 14.2. The molecule has 2 aromatic heterocycles. The van der Waals surface area contributed by atoms with Crippen molar-refractivity contribution in [3.05, 3.63) is 33.8 Å². The molecule has 24 heavy (non-hydrogen) atoms. The molecule has 0 aliphatic rings. The molecule has 0 spiro atoms. The van der Waals surface area contributed by atoms with Gasteiger partial charge in [0.2, 0.25) is 0 Å². The number of anilines is 1. The average molecular weight is 355 g/mol. The molecule has 0 fully saturated rings. The lowest BCUT2D eigenvalue weighted by Gasteiger charge is -2.07. The van der Waals surface area contributed by atoms with Crippen LogP contribution in [0.3, 0.4) is 0 Å². The van der Waals surface area contributed by atoms with Crippen LogP contribution in [0.2, 0.25) is 0 Å². The van der Waals surface area contributed by atoms with E-state index >= 15 is 0 Å². The van der Waals surface area contributed by atoms with Gasteiger partial charge in [-0.15, -0.1) is 0 Å². The number of rotatable bonds is 4.